The topological polar surface area (TPSA) is 79.8 Å². The van der Waals surface area contributed by atoms with Crippen molar-refractivity contribution in [3.8, 4) is 0 Å². The number of aryl methyl sites for hydroxylation is 1. The number of rotatable bonds is 8. The second-order valence-corrected chi connectivity index (χ2v) is 12.1. The summed E-state index contributed by atoms with van der Waals surface area (Å²) in [6.45, 7) is 9.99. The number of likely N-dealkylation sites (tertiary alicyclic amines) is 2. The molecule has 0 saturated carbocycles. The molecule has 0 bridgehead atoms. The molecule has 2 aromatic heterocycles. The number of hydrogen-bond acceptors (Lipinski definition) is 8. The van der Waals surface area contributed by atoms with Crippen LogP contribution in [0.25, 0.3) is 0 Å². The minimum absolute atomic E-state index is 0.0312. The van der Waals surface area contributed by atoms with E-state index in [1.165, 1.54) is 4.88 Å². The van der Waals surface area contributed by atoms with Crippen LogP contribution in [-0.2, 0) is 20.7 Å². The minimum Gasteiger partial charge on any atom is -0.348 e. The zero-order valence-corrected chi connectivity index (χ0v) is 23.3. The molecule has 5 heterocycles. The zero-order chi connectivity index (χ0) is 25.8. The standard InChI is InChI=1S/C28H41N5O3S/c1-4-8-22-17-29-27(37-22)31-25-11-7-9-23(30-25)20-12-15-32(16-13-20)26(34)24-10-5-6-14-33(24)18-21-19-35-28(2,3)36-21/h7,9,11,17,20-21,24H,4-6,8,10,12-16,18-19H2,1-3H3,(H,29,30,31)/t21-,24-/m0/s1. The van der Waals surface area contributed by atoms with E-state index in [9.17, 15) is 4.79 Å². The van der Waals surface area contributed by atoms with E-state index in [0.29, 0.717) is 12.5 Å². The molecule has 0 aromatic carbocycles. The van der Waals surface area contributed by atoms with Crippen molar-refractivity contribution in [1.82, 2.24) is 19.8 Å². The Hall–Kier alpha value is -2.07. The molecule has 202 valence electrons. The van der Waals surface area contributed by atoms with Gasteiger partial charge in [-0.2, -0.15) is 0 Å². The van der Waals surface area contributed by atoms with Crippen LogP contribution in [0.1, 0.15) is 75.8 Å². The van der Waals surface area contributed by atoms with E-state index in [0.717, 1.165) is 87.8 Å². The van der Waals surface area contributed by atoms with Gasteiger partial charge in [-0.15, -0.1) is 11.3 Å². The Labute approximate surface area is 224 Å². The molecular formula is C28H41N5O3S. The summed E-state index contributed by atoms with van der Waals surface area (Å²) >= 11 is 1.70. The highest BCUT2D eigenvalue weighted by Crippen LogP contribution is 2.31. The first kappa shape index (κ1) is 26.5. The van der Waals surface area contributed by atoms with Gasteiger partial charge >= 0.3 is 0 Å². The highest BCUT2D eigenvalue weighted by atomic mass is 32.1. The summed E-state index contributed by atoms with van der Waals surface area (Å²) in [5.74, 6) is 0.964. The van der Waals surface area contributed by atoms with E-state index in [2.05, 4.69) is 39.2 Å². The molecule has 1 N–H and O–H groups in total. The van der Waals surface area contributed by atoms with E-state index in [1.807, 2.05) is 26.1 Å². The molecule has 9 heteroatoms. The van der Waals surface area contributed by atoms with Crippen molar-refractivity contribution >= 4 is 28.2 Å². The van der Waals surface area contributed by atoms with E-state index in [4.69, 9.17) is 14.5 Å². The summed E-state index contributed by atoms with van der Waals surface area (Å²) in [5, 5.41) is 4.27. The quantitative estimate of drug-likeness (QED) is 0.521. The Bertz CT molecular complexity index is 1050. The molecule has 5 rings (SSSR count). The van der Waals surface area contributed by atoms with Crippen LogP contribution in [0, 0.1) is 0 Å². The molecule has 0 unspecified atom stereocenters. The molecule has 3 fully saturated rings. The molecule has 0 spiro atoms. The fraction of sp³-hybridized carbons (Fsp3) is 0.679. The minimum atomic E-state index is -0.527. The first-order valence-corrected chi connectivity index (χ1v) is 14.7. The second kappa shape index (κ2) is 11.8. The van der Waals surface area contributed by atoms with Gasteiger partial charge in [-0.25, -0.2) is 9.97 Å². The van der Waals surface area contributed by atoms with Gasteiger partial charge in [0.1, 0.15) is 5.82 Å². The lowest BCUT2D eigenvalue weighted by Gasteiger charge is -2.40. The van der Waals surface area contributed by atoms with Crippen LogP contribution in [0.3, 0.4) is 0 Å². The van der Waals surface area contributed by atoms with Crippen LogP contribution in [0.15, 0.2) is 24.4 Å². The molecule has 37 heavy (non-hydrogen) atoms. The van der Waals surface area contributed by atoms with Gasteiger partial charge in [0.2, 0.25) is 5.91 Å². The molecular weight excluding hydrogens is 486 g/mol. The maximum atomic E-state index is 13.6. The summed E-state index contributed by atoms with van der Waals surface area (Å²) in [6, 6.07) is 6.14. The number of nitrogens with one attached hydrogen (secondary N) is 1. The van der Waals surface area contributed by atoms with Gasteiger partial charge in [0, 0.05) is 42.3 Å². The molecule has 0 aliphatic carbocycles. The maximum absolute atomic E-state index is 13.6. The van der Waals surface area contributed by atoms with Crippen LogP contribution in [0.4, 0.5) is 10.9 Å². The number of ether oxygens (including phenoxy) is 2. The van der Waals surface area contributed by atoms with Crippen LogP contribution < -0.4 is 5.32 Å². The lowest BCUT2D eigenvalue weighted by atomic mass is 9.92. The largest absolute Gasteiger partial charge is 0.348 e. The number of thiazole rings is 1. The molecule has 3 aliphatic rings. The Morgan fingerprint density at radius 1 is 1.19 bits per heavy atom. The Kier molecular flexibility index (Phi) is 8.43. The summed E-state index contributed by atoms with van der Waals surface area (Å²) in [4.78, 5) is 28.7. The molecule has 2 aromatic rings. The molecule has 2 atom stereocenters. The first-order valence-electron chi connectivity index (χ1n) is 13.9. The van der Waals surface area contributed by atoms with Crippen LogP contribution >= 0.6 is 11.3 Å². The van der Waals surface area contributed by atoms with Crippen molar-refractivity contribution in [2.75, 3.05) is 38.1 Å². The van der Waals surface area contributed by atoms with Gasteiger partial charge in [-0.05, 0) is 64.6 Å². The average molecular weight is 528 g/mol. The normalized spacial score (nSPS) is 24.9. The van der Waals surface area contributed by atoms with Gasteiger partial charge in [0.15, 0.2) is 10.9 Å². The van der Waals surface area contributed by atoms with E-state index >= 15 is 0 Å². The number of nitrogens with zero attached hydrogens (tertiary/aromatic N) is 4. The summed E-state index contributed by atoms with van der Waals surface area (Å²) in [7, 11) is 0. The van der Waals surface area contributed by atoms with Gasteiger partial charge in [0.05, 0.1) is 18.8 Å². The van der Waals surface area contributed by atoms with Gasteiger partial charge in [-0.1, -0.05) is 25.8 Å². The van der Waals surface area contributed by atoms with Crippen LogP contribution in [-0.4, -0.2) is 76.4 Å². The maximum Gasteiger partial charge on any atom is 0.239 e. The zero-order valence-electron chi connectivity index (χ0n) is 22.4. The van der Waals surface area contributed by atoms with Gasteiger partial charge in [0.25, 0.3) is 0 Å². The number of hydrogen-bond donors (Lipinski definition) is 1. The SMILES string of the molecule is CCCc1cnc(Nc2cccc(C3CCN(C(=O)[C@@H]4CCCCN4C[C@H]4COC(C)(C)O4)CC3)n2)s1. The lowest BCUT2D eigenvalue weighted by molar-refractivity contribution is -0.146. The molecule has 0 radical (unpaired) electrons. The van der Waals surface area contributed by atoms with Crippen molar-refractivity contribution in [3.05, 3.63) is 35.0 Å². The van der Waals surface area contributed by atoms with Crippen LogP contribution in [0.2, 0.25) is 0 Å². The second-order valence-electron chi connectivity index (χ2n) is 11.0. The Morgan fingerprint density at radius 3 is 2.78 bits per heavy atom. The van der Waals surface area contributed by atoms with Crippen molar-refractivity contribution in [1.29, 1.82) is 0 Å². The van der Waals surface area contributed by atoms with Crippen molar-refractivity contribution < 1.29 is 14.3 Å². The Morgan fingerprint density at radius 2 is 2.03 bits per heavy atom. The molecule has 3 aliphatic heterocycles. The number of carbonyl (C=O) groups is 1. The average Bonchev–Trinajstić information content (AvgIpc) is 3.49. The number of pyridine rings is 1. The monoisotopic (exact) mass is 527 g/mol. The summed E-state index contributed by atoms with van der Waals surface area (Å²) in [5.41, 5.74) is 1.10. The lowest BCUT2D eigenvalue weighted by Crippen LogP contribution is -2.54. The number of piperidine rings is 2. The van der Waals surface area contributed by atoms with Crippen molar-refractivity contribution in [3.63, 3.8) is 0 Å². The molecule has 8 nitrogen and oxygen atoms in total. The first-order chi connectivity index (χ1) is 17.9. The third-order valence-corrected chi connectivity index (χ3v) is 8.66. The molecule has 3 saturated heterocycles. The van der Waals surface area contributed by atoms with E-state index < -0.39 is 5.79 Å². The van der Waals surface area contributed by atoms with E-state index in [1.54, 1.807) is 11.3 Å². The smallest absolute Gasteiger partial charge is 0.239 e. The predicted molar refractivity (Wildman–Crippen MR) is 146 cm³/mol. The third-order valence-electron chi connectivity index (χ3n) is 7.68. The highest BCUT2D eigenvalue weighted by molar-refractivity contribution is 7.15. The van der Waals surface area contributed by atoms with E-state index in [-0.39, 0.29) is 18.1 Å². The number of amides is 1. The number of anilines is 2. The van der Waals surface area contributed by atoms with Gasteiger partial charge < -0.3 is 19.7 Å². The third kappa shape index (κ3) is 6.69. The number of aromatic nitrogens is 2. The van der Waals surface area contributed by atoms with Crippen molar-refractivity contribution in [2.45, 2.75) is 89.6 Å². The van der Waals surface area contributed by atoms with Crippen molar-refractivity contribution in [2.24, 2.45) is 0 Å². The fourth-order valence-corrected chi connectivity index (χ4v) is 6.72. The van der Waals surface area contributed by atoms with Crippen LogP contribution in [0.5, 0.6) is 0 Å². The number of carbonyl (C=O) groups excluding carboxylic acids is 1. The summed E-state index contributed by atoms with van der Waals surface area (Å²) < 4.78 is 11.8. The Balaban J connectivity index is 1.15. The summed E-state index contributed by atoms with van der Waals surface area (Å²) in [6.07, 6.45) is 9.24. The predicted octanol–water partition coefficient (Wildman–Crippen LogP) is 4.95. The van der Waals surface area contributed by atoms with Gasteiger partial charge in [-0.3, -0.25) is 9.69 Å². The molecule has 1 amide bonds. The highest BCUT2D eigenvalue weighted by Gasteiger charge is 2.38. The fourth-order valence-electron chi connectivity index (χ4n) is 5.80.